The van der Waals surface area contributed by atoms with E-state index < -0.39 is 10.9 Å². The van der Waals surface area contributed by atoms with Gasteiger partial charge in [0.15, 0.2) is 0 Å². The van der Waals surface area contributed by atoms with Gasteiger partial charge in [0.1, 0.15) is 0 Å². The highest BCUT2D eigenvalue weighted by atomic mass is 16.6. The van der Waals surface area contributed by atoms with E-state index in [9.17, 15) is 14.9 Å². The smallest absolute Gasteiger partial charge is 0.337 e. The average Bonchev–Trinajstić information content (AvgIpc) is 2.42. The molecule has 7 heteroatoms. The molecule has 0 amide bonds. The van der Waals surface area contributed by atoms with Crippen LogP contribution in [0.3, 0.4) is 0 Å². The second-order valence-electron chi connectivity index (χ2n) is 4.65. The largest absolute Gasteiger partial charge is 0.478 e. The third-order valence-corrected chi connectivity index (χ3v) is 2.95. The van der Waals surface area contributed by atoms with Crippen molar-refractivity contribution in [1.82, 2.24) is 0 Å². The molecule has 3 N–H and O–H groups in total. The second-order valence-corrected chi connectivity index (χ2v) is 4.65. The molecule has 0 aromatic heterocycles. The van der Waals surface area contributed by atoms with Crippen molar-refractivity contribution < 1.29 is 19.9 Å². The molecule has 1 aromatic carbocycles. The molecule has 0 aliphatic carbocycles. The number of carboxylic acid groups (broad SMARTS) is 1. The molecule has 0 aliphatic rings. The van der Waals surface area contributed by atoms with Gasteiger partial charge < -0.3 is 15.5 Å². The second kappa shape index (κ2) is 7.44. The maximum Gasteiger partial charge on any atom is 0.337 e. The molecule has 7 nitrogen and oxygen atoms in total. The van der Waals surface area contributed by atoms with Crippen molar-refractivity contribution in [2.45, 2.75) is 19.8 Å². The summed E-state index contributed by atoms with van der Waals surface area (Å²) < 4.78 is 0. The van der Waals surface area contributed by atoms with Gasteiger partial charge in [0, 0.05) is 25.3 Å². The lowest BCUT2D eigenvalue weighted by Crippen LogP contribution is -2.10. The predicted molar refractivity (Wildman–Crippen MR) is 74.0 cm³/mol. The first kappa shape index (κ1) is 15.9. The number of rotatable bonds is 8. The van der Waals surface area contributed by atoms with E-state index in [1.54, 1.807) is 0 Å². The number of aliphatic hydroxyl groups excluding tert-OH is 1. The fourth-order valence-corrected chi connectivity index (χ4v) is 1.74. The lowest BCUT2D eigenvalue weighted by molar-refractivity contribution is -0.384. The summed E-state index contributed by atoms with van der Waals surface area (Å²) in [5.74, 6) is -0.952. The predicted octanol–water partition coefficient (Wildman–Crippen LogP) is 2.11. The third-order valence-electron chi connectivity index (χ3n) is 2.95. The number of carboxylic acids is 1. The molecule has 0 bridgehead atoms. The van der Waals surface area contributed by atoms with Crippen LogP contribution in [0.1, 0.15) is 30.1 Å². The van der Waals surface area contributed by atoms with E-state index in [1.807, 2.05) is 6.92 Å². The van der Waals surface area contributed by atoms with Gasteiger partial charge in [0.25, 0.3) is 5.69 Å². The Morgan fingerprint density at radius 3 is 2.75 bits per heavy atom. The minimum Gasteiger partial charge on any atom is -0.478 e. The Morgan fingerprint density at radius 1 is 1.50 bits per heavy atom. The Labute approximate surface area is 116 Å². The number of nitro groups is 1. The van der Waals surface area contributed by atoms with Crippen LogP contribution < -0.4 is 5.32 Å². The van der Waals surface area contributed by atoms with Crippen LogP contribution >= 0.6 is 0 Å². The molecular weight excluding hydrogens is 264 g/mol. The Bertz CT molecular complexity index is 490. The van der Waals surface area contributed by atoms with Crippen LogP contribution in [0.2, 0.25) is 0 Å². The summed E-state index contributed by atoms with van der Waals surface area (Å²) in [6, 6.07) is 3.61. The minimum atomic E-state index is -1.13. The first-order valence-corrected chi connectivity index (χ1v) is 6.32. The van der Waals surface area contributed by atoms with Crippen LogP contribution in [0.4, 0.5) is 11.4 Å². The number of nitrogens with zero attached hydrogens (tertiary/aromatic N) is 1. The highest BCUT2D eigenvalue weighted by molar-refractivity contribution is 5.94. The minimum absolute atomic E-state index is 0.00538. The van der Waals surface area contributed by atoms with Crippen molar-refractivity contribution in [2.24, 2.45) is 5.92 Å². The average molecular weight is 282 g/mol. The quantitative estimate of drug-likeness (QED) is 0.382. The Kier molecular flexibility index (Phi) is 5.92. The zero-order valence-electron chi connectivity index (χ0n) is 11.2. The fourth-order valence-electron chi connectivity index (χ4n) is 1.74. The molecule has 0 saturated carbocycles. The standard InChI is InChI=1S/C13H18N2O5/c1-9(8-16)3-2-6-14-12-7-10(15(19)20)4-5-11(12)13(17)18/h4-5,7,9,14,16H,2-3,6,8H2,1H3,(H,17,18). The maximum atomic E-state index is 11.0. The number of nitrogens with one attached hydrogen (secondary N) is 1. The normalized spacial score (nSPS) is 11.9. The number of anilines is 1. The van der Waals surface area contributed by atoms with Crippen LogP contribution in [0.5, 0.6) is 0 Å². The van der Waals surface area contributed by atoms with Crippen LogP contribution in [0, 0.1) is 16.0 Å². The van der Waals surface area contributed by atoms with E-state index >= 15 is 0 Å². The summed E-state index contributed by atoms with van der Waals surface area (Å²) in [5, 5.41) is 31.5. The van der Waals surface area contributed by atoms with Gasteiger partial charge in [-0.05, 0) is 24.8 Å². The van der Waals surface area contributed by atoms with E-state index in [-0.39, 0.29) is 29.5 Å². The molecule has 1 aromatic rings. The Balaban J connectivity index is 2.73. The summed E-state index contributed by atoms with van der Waals surface area (Å²) in [5.41, 5.74) is 0.0929. The van der Waals surface area contributed by atoms with Gasteiger partial charge in [0.05, 0.1) is 16.2 Å². The Hall–Kier alpha value is -2.15. The fraction of sp³-hybridized carbons (Fsp3) is 0.462. The molecule has 1 rings (SSSR count). The number of carbonyl (C=O) groups is 1. The summed E-state index contributed by atoms with van der Waals surface area (Å²) in [6.45, 7) is 2.51. The van der Waals surface area contributed by atoms with Crippen LogP contribution in [0.25, 0.3) is 0 Å². The molecule has 0 saturated heterocycles. The monoisotopic (exact) mass is 282 g/mol. The SMILES string of the molecule is CC(CO)CCCNc1cc([N+](=O)[O-])ccc1C(=O)O. The Morgan fingerprint density at radius 2 is 2.20 bits per heavy atom. The van der Waals surface area contributed by atoms with Crippen molar-refractivity contribution in [2.75, 3.05) is 18.5 Å². The lowest BCUT2D eigenvalue weighted by Gasteiger charge is -2.11. The first-order valence-electron chi connectivity index (χ1n) is 6.32. The van der Waals surface area contributed by atoms with E-state index in [0.29, 0.717) is 6.54 Å². The van der Waals surface area contributed by atoms with Crippen LogP contribution in [-0.2, 0) is 0 Å². The molecule has 20 heavy (non-hydrogen) atoms. The lowest BCUT2D eigenvalue weighted by atomic mass is 10.1. The van der Waals surface area contributed by atoms with Crippen molar-refractivity contribution >= 4 is 17.3 Å². The zero-order chi connectivity index (χ0) is 15.1. The van der Waals surface area contributed by atoms with Gasteiger partial charge in [-0.2, -0.15) is 0 Å². The number of non-ortho nitro benzene ring substituents is 1. The number of aromatic carboxylic acids is 1. The van der Waals surface area contributed by atoms with Gasteiger partial charge in [-0.15, -0.1) is 0 Å². The molecule has 1 unspecified atom stereocenters. The zero-order valence-corrected chi connectivity index (χ0v) is 11.2. The van der Waals surface area contributed by atoms with E-state index in [4.69, 9.17) is 10.2 Å². The summed E-state index contributed by atoms with van der Waals surface area (Å²) >= 11 is 0. The topological polar surface area (TPSA) is 113 Å². The number of benzene rings is 1. The molecule has 0 spiro atoms. The maximum absolute atomic E-state index is 11.0. The van der Waals surface area contributed by atoms with Gasteiger partial charge in [0.2, 0.25) is 0 Å². The van der Waals surface area contributed by atoms with Crippen molar-refractivity contribution in [3.05, 3.63) is 33.9 Å². The molecular formula is C13H18N2O5. The van der Waals surface area contributed by atoms with Gasteiger partial charge in [-0.3, -0.25) is 10.1 Å². The third kappa shape index (κ3) is 4.51. The number of hydrogen-bond acceptors (Lipinski definition) is 5. The van der Waals surface area contributed by atoms with Gasteiger partial charge >= 0.3 is 5.97 Å². The molecule has 1 atom stereocenters. The van der Waals surface area contributed by atoms with Gasteiger partial charge in [-0.25, -0.2) is 4.79 Å². The highest BCUT2D eigenvalue weighted by Crippen LogP contribution is 2.22. The highest BCUT2D eigenvalue weighted by Gasteiger charge is 2.15. The van der Waals surface area contributed by atoms with Gasteiger partial charge in [-0.1, -0.05) is 6.92 Å². The van der Waals surface area contributed by atoms with Crippen LogP contribution in [0.15, 0.2) is 18.2 Å². The number of aliphatic hydroxyl groups is 1. The molecule has 0 radical (unpaired) electrons. The van der Waals surface area contributed by atoms with Crippen LogP contribution in [-0.4, -0.2) is 34.3 Å². The molecule has 0 aliphatic heterocycles. The first-order chi connectivity index (χ1) is 9.45. The number of nitro benzene ring substituents is 1. The molecule has 0 fully saturated rings. The molecule has 0 heterocycles. The summed E-state index contributed by atoms with van der Waals surface area (Å²) in [6.07, 6.45) is 1.53. The number of hydrogen-bond donors (Lipinski definition) is 3. The summed E-state index contributed by atoms with van der Waals surface area (Å²) in [7, 11) is 0. The molecule has 110 valence electrons. The van der Waals surface area contributed by atoms with Crippen molar-refractivity contribution in [3.8, 4) is 0 Å². The van der Waals surface area contributed by atoms with E-state index in [0.717, 1.165) is 12.8 Å². The van der Waals surface area contributed by atoms with E-state index in [2.05, 4.69) is 5.32 Å². The van der Waals surface area contributed by atoms with Crippen molar-refractivity contribution in [1.29, 1.82) is 0 Å². The van der Waals surface area contributed by atoms with E-state index in [1.165, 1.54) is 18.2 Å². The van der Waals surface area contributed by atoms with Crippen molar-refractivity contribution in [3.63, 3.8) is 0 Å². The summed E-state index contributed by atoms with van der Waals surface area (Å²) in [4.78, 5) is 21.2.